The van der Waals surface area contributed by atoms with Crippen LogP contribution < -0.4 is 9.86 Å². The van der Waals surface area contributed by atoms with Gasteiger partial charge >= 0.3 is 0 Å². The molecule has 0 heterocycles. The SMILES string of the molecule is NS(=O)(=O)CCCNS(=O)(=O)C1CCCC1. The lowest BCUT2D eigenvalue weighted by Gasteiger charge is -2.11. The van der Waals surface area contributed by atoms with E-state index in [1.807, 2.05) is 0 Å². The van der Waals surface area contributed by atoms with Gasteiger partial charge in [0.1, 0.15) is 0 Å². The largest absolute Gasteiger partial charge is 0.229 e. The molecule has 0 bridgehead atoms. The molecule has 0 saturated heterocycles. The molecule has 16 heavy (non-hydrogen) atoms. The third-order valence-corrected chi connectivity index (χ3v) is 5.46. The number of primary sulfonamides is 1. The molecule has 0 aromatic rings. The molecule has 8 heteroatoms. The number of nitrogens with one attached hydrogen (secondary N) is 1. The average Bonchev–Trinajstić information content (AvgIpc) is 2.64. The number of nitrogens with two attached hydrogens (primary N) is 1. The van der Waals surface area contributed by atoms with Crippen molar-refractivity contribution in [1.29, 1.82) is 0 Å². The zero-order valence-electron chi connectivity index (χ0n) is 9.05. The van der Waals surface area contributed by atoms with Gasteiger partial charge in [-0.2, -0.15) is 0 Å². The van der Waals surface area contributed by atoms with Gasteiger partial charge in [0.15, 0.2) is 0 Å². The van der Waals surface area contributed by atoms with Gasteiger partial charge < -0.3 is 0 Å². The predicted molar refractivity (Wildman–Crippen MR) is 61.8 cm³/mol. The van der Waals surface area contributed by atoms with Crippen molar-refractivity contribution in [3.8, 4) is 0 Å². The molecule has 1 aliphatic rings. The van der Waals surface area contributed by atoms with Gasteiger partial charge in [0.05, 0.1) is 11.0 Å². The van der Waals surface area contributed by atoms with E-state index in [4.69, 9.17) is 5.14 Å². The average molecular weight is 270 g/mol. The topological polar surface area (TPSA) is 106 Å². The van der Waals surface area contributed by atoms with Crippen LogP contribution in [0.15, 0.2) is 0 Å². The van der Waals surface area contributed by atoms with Crippen LogP contribution in [0.2, 0.25) is 0 Å². The summed E-state index contributed by atoms with van der Waals surface area (Å²) < 4.78 is 47.0. The van der Waals surface area contributed by atoms with Crippen LogP contribution in [0, 0.1) is 0 Å². The van der Waals surface area contributed by atoms with E-state index in [-0.39, 0.29) is 24.0 Å². The highest BCUT2D eigenvalue weighted by Gasteiger charge is 2.27. The first-order chi connectivity index (χ1) is 7.31. The minimum absolute atomic E-state index is 0.134. The smallest absolute Gasteiger partial charge is 0.214 e. The Hall–Kier alpha value is -0.180. The Morgan fingerprint density at radius 3 is 2.19 bits per heavy atom. The fourth-order valence-electron chi connectivity index (χ4n) is 1.80. The van der Waals surface area contributed by atoms with E-state index in [0.717, 1.165) is 12.8 Å². The lowest BCUT2D eigenvalue weighted by Crippen LogP contribution is -2.34. The third kappa shape index (κ3) is 4.77. The molecule has 3 N–H and O–H groups in total. The van der Waals surface area contributed by atoms with Gasteiger partial charge in [0.2, 0.25) is 20.0 Å². The molecule has 0 amide bonds. The summed E-state index contributed by atoms with van der Waals surface area (Å²) in [6.07, 6.45) is 3.51. The summed E-state index contributed by atoms with van der Waals surface area (Å²) in [5, 5.41) is 4.50. The highest BCUT2D eigenvalue weighted by molar-refractivity contribution is 7.90. The summed E-state index contributed by atoms with van der Waals surface area (Å²) in [5.74, 6) is -0.194. The van der Waals surface area contributed by atoms with Crippen molar-refractivity contribution in [1.82, 2.24) is 4.72 Å². The Kier molecular flexibility index (Phi) is 4.72. The minimum atomic E-state index is -3.50. The Balaban J connectivity index is 2.31. The maximum atomic E-state index is 11.7. The Labute approximate surface area is 96.7 Å². The summed E-state index contributed by atoms with van der Waals surface area (Å²) in [6, 6.07) is 0. The normalized spacial score (nSPS) is 19.1. The van der Waals surface area contributed by atoms with Crippen molar-refractivity contribution in [2.24, 2.45) is 5.14 Å². The summed E-state index contributed by atoms with van der Waals surface area (Å²) in [5.41, 5.74) is 0. The second kappa shape index (κ2) is 5.44. The molecular formula is C8H18N2O4S2. The van der Waals surface area contributed by atoms with Crippen molar-refractivity contribution >= 4 is 20.0 Å². The van der Waals surface area contributed by atoms with Gasteiger partial charge in [0.25, 0.3) is 0 Å². The molecule has 0 aliphatic heterocycles. The lowest BCUT2D eigenvalue weighted by atomic mass is 10.4. The van der Waals surface area contributed by atoms with E-state index in [1.165, 1.54) is 0 Å². The first-order valence-electron chi connectivity index (χ1n) is 5.30. The first-order valence-corrected chi connectivity index (χ1v) is 8.56. The predicted octanol–water partition coefficient (Wildman–Crippen LogP) is -0.473. The second-order valence-corrected chi connectivity index (χ2v) is 7.85. The van der Waals surface area contributed by atoms with Crippen molar-refractivity contribution in [3.63, 3.8) is 0 Å². The van der Waals surface area contributed by atoms with E-state index in [2.05, 4.69) is 4.72 Å². The number of sulfonamides is 2. The van der Waals surface area contributed by atoms with E-state index in [9.17, 15) is 16.8 Å². The molecule has 6 nitrogen and oxygen atoms in total. The maximum Gasteiger partial charge on any atom is 0.214 e. The lowest BCUT2D eigenvalue weighted by molar-refractivity contribution is 0.562. The zero-order chi connectivity index (χ0) is 12.2. The van der Waals surface area contributed by atoms with Crippen LogP contribution in [0.1, 0.15) is 32.1 Å². The Morgan fingerprint density at radius 1 is 1.12 bits per heavy atom. The standard InChI is InChI=1S/C8H18N2O4S2/c9-15(11,12)7-3-6-10-16(13,14)8-4-1-2-5-8/h8,10H,1-7H2,(H2,9,11,12). The van der Waals surface area contributed by atoms with E-state index >= 15 is 0 Å². The minimum Gasteiger partial charge on any atom is -0.229 e. The van der Waals surface area contributed by atoms with Crippen LogP contribution in [0.5, 0.6) is 0 Å². The van der Waals surface area contributed by atoms with Crippen LogP contribution in [0.25, 0.3) is 0 Å². The van der Waals surface area contributed by atoms with Gasteiger partial charge in [-0.25, -0.2) is 26.7 Å². The van der Waals surface area contributed by atoms with Crippen LogP contribution in [-0.2, 0) is 20.0 Å². The monoisotopic (exact) mass is 270 g/mol. The molecule has 0 radical (unpaired) electrons. The second-order valence-electron chi connectivity index (χ2n) is 4.07. The number of rotatable bonds is 6. The molecule has 1 saturated carbocycles. The van der Waals surface area contributed by atoms with Crippen LogP contribution in [0.4, 0.5) is 0 Å². The van der Waals surface area contributed by atoms with E-state index in [0.29, 0.717) is 12.8 Å². The number of hydrogen-bond donors (Lipinski definition) is 2. The van der Waals surface area contributed by atoms with Crippen molar-refractivity contribution in [2.75, 3.05) is 12.3 Å². The Morgan fingerprint density at radius 2 is 1.69 bits per heavy atom. The van der Waals surface area contributed by atoms with Gasteiger partial charge in [0, 0.05) is 6.54 Å². The fourth-order valence-corrected chi connectivity index (χ4v) is 3.97. The molecule has 0 unspecified atom stereocenters. The summed E-state index contributed by atoms with van der Waals surface area (Å²) in [7, 11) is -6.76. The van der Waals surface area contributed by atoms with Crippen molar-refractivity contribution in [3.05, 3.63) is 0 Å². The van der Waals surface area contributed by atoms with E-state index < -0.39 is 20.0 Å². The molecule has 0 atom stereocenters. The molecule has 96 valence electrons. The highest BCUT2D eigenvalue weighted by atomic mass is 32.2. The first kappa shape index (κ1) is 13.9. The maximum absolute atomic E-state index is 11.7. The highest BCUT2D eigenvalue weighted by Crippen LogP contribution is 2.23. The molecule has 1 aliphatic carbocycles. The van der Waals surface area contributed by atoms with Gasteiger partial charge in [-0.15, -0.1) is 0 Å². The molecular weight excluding hydrogens is 252 g/mol. The van der Waals surface area contributed by atoms with E-state index in [1.54, 1.807) is 0 Å². The van der Waals surface area contributed by atoms with Crippen LogP contribution in [-0.4, -0.2) is 34.4 Å². The molecule has 1 fully saturated rings. The quantitative estimate of drug-likeness (QED) is 0.636. The molecule has 1 rings (SSSR count). The third-order valence-electron chi connectivity index (χ3n) is 2.65. The Bertz CT molecular complexity index is 409. The van der Waals surface area contributed by atoms with Crippen LogP contribution in [0.3, 0.4) is 0 Å². The zero-order valence-corrected chi connectivity index (χ0v) is 10.7. The molecule has 0 spiro atoms. The summed E-state index contributed by atoms with van der Waals surface area (Å²) in [6.45, 7) is 0.134. The summed E-state index contributed by atoms with van der Waals surface area (Å²) >= 11 is 0. The van der Waals surface area contributed by atoms with Gasteiger partial charge in [-0.05, 0) is 19.3 Å². The van der Waals surface area contributed by atoms with Crippen LogP contribution >= 0.6 is 0 Å². The molecule has 0 aromatic heterocycles. The fraction of sp³-hybridized carbons (Fsp3) is 1.00. The van der Waals surface area contributed by atoms with Gasteiger partial charge in [-0.3, -0.25) is 0 Å². The van der Waals surface area contributed by atoms with Crippen molar-refractivity contribution in [2.45, 2.75) is 37.4 Å². The van der Waals surface area contributed by atoms with Gasteiger partial charge in [-0.1, -0.05) is 12.8 Å². The summed E-state index contributed by atoms with van der Waals surface area (Å²) in [4.78, 5) is 0. The number of hydrogen-bond acceptors (Lipinski definition) is 4. The van der Waals surface area contributed by atoms with Crippen molar-refractivity contribution < 1.29 is 16.8 Å². The molecule has 0 aromatic carbocycles.